The second-order valence-electron chi connectivity index (χ2n) is 4.31. The van der Waals surface area contributed by atoms with E-state index in [9.17, 15) is 0 Å². The predicted molar refractivity (Wildman–Crippen MR) is 70.0 cm³/mol. The van der Waals surface area contributed by atoms with Crippen molar-refractivity contribution in [2.24, 2.45) is 12.8 Å². The minimum atomic E-state index is 0.452. The summed E-state index contributed by atoms with van der Waals surface area (Å²) in [6, 6.07) is 6.33. The highest BCUT2D eigenvalue weighted by Crippen LogP contribution is 2.33. The molecule has 1 unspecified atom stereocenters. The summed E-state index contributed by atoms with van der Waals surface area (Å²) in [7, 11) is 2.02. The van der Waals surface area contributed by atoms with E-state index in [-0.39, 0.29) is 0 Å². The number of hydrogen-bond donors (Lipinski definition) is 1. The summed E-state index contributed by atoms with van der Waals surface area (Å²) in [6.45, 7) is 2.91. The van der Waals surface area contributed by atoms with Crippen LogP contribution in [0.15, 0.2) is 24.4 Å². The van der Waals surface area contributed by atoms with Gasteiger partial charge in [-0.1, -0.05) is 30.7 Å². The lowest BCUT2D eigenvalue weighted by atomic mass is 9.95. The Labute approximate surface area is 101 Å². The predicted octanol–water partition coefficient (Wildman–Crippen LogP) is 3.28. The van der Waals surface area contributed by atoms with E-state index in [4.69, 9.17) is 17.3 Å². The number of rotatable bonds is 3. The largest absolute Gasteiger partial charge is 0.349 e. The van der Waals surface area contributed by atoms with E-state index in [1.807, 2.05) is 13.2 Å². The van der Waals surface area contributed by atoms with E-state index < -0.39 is 0 Å². The number of nitrogens with two attached hydrogens (primary N) is 1. The Kier molecular flexibility index (Phi) is 3.22. The van der Waals surface area contributed by atoms with E-state index >= 15 is 0 Å². The molecule has 86 valence electrons. The first kappa shape index (κ1) is 11.5. The lowest BCUT2D eigenvalue weighted by molar-refractivity contribution is 0.695. The summed E-state index contributed by atoms with van der Waals surface area (Å²) < 4.78 is 2.07. The molecule has 1 aromatic carbocycles. The van der Waals surface area contributed by atoms with E-state index in [2.05, 4.69) is 29.7 Å². The Morgan fingerprint density at radius 3 is 2.88 bits per heavy atom. The molecule has 0 bridgehead atoms. The average molecular weight is 237 g/mol. The summed E-state index contributed by atoms with van der Waals surface area (Å²) in [5.41, 5.74) is 8.10. The molecule has 0 aliphatic carbocycles. The Morgan fingerprint density at radius 2 is 2.19 bits per heavy atom. The second kappa shape index (κ2) is 4.48. The number of hydrogen-bond acceptors (Lipinski definition) is 1. The van der Waals surface area contributed by atoms with Crippen molar-refractivity contribution in [1.29, 1.82) is 0 Å². The quantitative estimate of drug-likeness (QED) is 0.871. The van der Waals surface area contributed by atoms with Crippen LogP contribution in [0.25, 0.3) is 10.9 Å². The summed E-state index contributed by atoms with van der Waals surface area (Å²) in [5, 5.41) is 2.00. The zero-order valence-electron chi connectivity index (χ0n) is 9.70. The van der Waals surface area contributed by atoms with Gasteiger partial charge in [-0.15, -0.1) is 0 Å². The molecule has 0 fully saturated rings. The van der Waals surface area contributed by atoms with Crippen LogP contribution in [0.1, 0.15) is 24.8 Å². The highest BCUT2D eigenvalue weighted by atomic mass is 35.5. The van der Waals surface area contributed by atoms with Crippen molar-refractivity contribution < 1.29 is 0 Å². The van der Waals surface area contributed by atoms with Crippen molar-refractivity contribution in [3.8, 4) is 0 Å². The first-order valence-electron chi connectivity index (χ1n) is 5.58. The van der Waals surface area contributed by atoms with Crippen LogP contribution in [0.5, 0.6) is 0 Å². The average Bonchev–Trinajstić information content (AvgIpc) is 2.55. The maximum Gasteiger partial charge on any atom is 0.0664 e. The van der Waals surface area contributed by atoms with Gasteiger partial charge in [0.15, 0.2) is 0 Å². The Morgan fingerprint density at radius 1 is 1.44 bits per heavy atom. The molecule has 1 heterocycles. The van der Waals surface area contributed by atoms with Gasteiger partial charge in [-0.25, -0.2) is 0 Å². The van der Waals surface area contributed by atoms with E-state index in [0.717, 1.165) is 11.4 Å². The van der Waals surface area contributed by atoms with Gasteiger partial charge in [0.2, 0.25) is 0 Å². The molecule has 2 nitrogen and oxygen atoms in total. The minimum Gasteiger partial charge on any atom is -0.349 e. The van der Waals surface area contributed by atoms with E-state index in [0.29, 0.717) is 12.5 Å². The third kappa shape index (κ3) is 1.83. The van der Waals surface area contributed by atoms with Gasteiger partial charge in [-0.3, -0.25) is 0 Å². The Balaban J connectivity index is 2.61. The number of aromatic nitrogens is 1. The van der Waals surface area contributed by atoms with Gasteiger partial charge in [0.1, 0.15) is 0 Å². The molecular formula is C13H17ClN2. The van der Waals surface area contributed by atoms with Crippen LogP contribution in [0.2, 0.25) is 5.02 Å². The zero-order valence-corrected chi connectivity index (χ0v) is 10.5. The fourth-order valence-electron chi connectivity index (χ4n) is 2.23. The maximum absolute atomic E-state index is 6.28. The number of halogens is 1. The molecule has 0 radical (unpaired) electrons. The Hall–Kier alpha value is -0.990. The fraction of sp³-hybridized carbons (Fsp3) is 0.385. The number of aryl methyl sites for hydroxylation is 1. The van der Waals surface area contributed by atoms with Crippen LogP contribution in [-0.4, -0.2) is 11.1 Å². The highest BCUT2D eigenvalue weighted by Gasteiger charge is 2.13. The maximum atomic E-state index is 6.28. The van der Waals surface area contributed by atoms with Crippen LogP contribution < -0.4 is 5.73 Å². The van der Waals surface area contributed by atoms with Crippen molar-refractivity contribution in [3.05, 3.63) is 35.0 Å². The minimum absolute atomic E-state index is 0.452. The van der Waals surface area contributed by atoms with Crippen LogP contribution in [-0.2, 0) is 7.05 Å². The van der Waals surface area contributed by atoms with Gasteiger partial charge in [-0.2, -0.15) is 0 Å². The lowest BCUT2D eigenvalue weighted by Crippen LogP contribution is -2.04. The van der Waals surface area contributed by atoms with Gasteiger partial charge in [0, 0.05) is 24.1 Å². The third-order valence-corrected chi connectivity index (χ3v) is 3.42. The molecule has 1 aromatic heterocycles. The molecule has 0 saturated carbocycles. The second-order valence-corrected chi connectivity index (χ2v) is 4.71. The third-order valence-electron chi connectivity index (χ3n) is 3.13. The van der Waals surface area contributed by atoms with Gasteiger partial charge in [0.25, 0.3) is 0 Å². The van der Waals surface area contributed by atoms with Gasteiger partial charge in [-0.05, 0) is 30.5 Å². The summed E-state index contributed by atoms with van der Waals surface area (Å²) in [4.78, 5) is 0. The van der Waals surface area contributed by atoms with Gasteiger partial charge >= 0.3 is 0 Å². The standard InChI is InChI=1S/C13H17ClN2/c1-9(6-7-15)10-4-3-5-12-13(10)11(14)8-16(12)2/h3-5,8-9H,6-7,15H2,1-2H3. The van der Waals surface area contributed by atoms with E-state index in [1.54, 1.807) is 0 Å². The topological polar surface area (TPSA) is 30.9 Å². The Bertz CT molecular complexity index is 502. The van der Waals surface area contributed by atoms with Gasteiger partial charge < -0.3 is 10.3 Å². The summed E-state index contributed by atoms with van der Waals surface area (Å²) in [5.74, 6) is 0.452. The van der Waals surface area contributed by atoms with Crippen molar-refractivity contribution >= 4 is 22.5 Å². The van der Waals surface area contributed by atoms with Crippen LogP contribution in [0.4, 0.5) is 0 Å². The molecule has 3 heteroatoms. The van der Waals surface area contributed by atoms with E-state index in [1.165, 1.54) is 16.5 Å². The summed E-state index contributed by atoms with van der Waals surface area (Å²) >= 11 is 6.28. The molecule has 0 aliphatic rings. The lowest BCUT2D eigenvalue weighted by Gasteiger charge is -2.12. The number of nitrogens with zero attached hydrogens (tertiary/aromatic N) is 1. The molecule has 16 heavy (non-hydrogen) atoms. The SMILES string of the molecule is CC(CCN)c1cccc2c1c(Cl)cn2C. The molecule has 1 atom stereocenters. The van der Waals surface area contributed by atoms with Crippen molar-refractivity contribution in [3.63, 3.8) is 0 Å². The van der Waals surface area contributed by atoms with Crippen molar-refractivity contribution in [2.45, 2.75) is 19.3 Å². The fourth-order valence-corrected chi connectivity index (χ4v) is 2.58. The zero-order chi connectivity index (χ0) is 11.7. The van der Waals surface area contributed by atoms with Crippen molar-refractivity contribution in [1.82, 2.24) is 4.57 Å². The monoisotopic (exact) mass is 236 g/mol. The molecule has 0 saturated heterocycles. The number of fused-ring (bicyclic) bond motifs is 1. The molecular weight excluding hydrogens is 220 g/mol. The summed E-state index contributed by atoms with van der Waals surface area (Å²) in [6.07, 6.45) is 2.95. The molecule has 2 N–H and O–H groups in total. The number of benzene rings is 1. The highest BCUT2D eigenvalue weighted by molar-refractivity contribution is 6.36. The normalized spacial score (nSPS) is 13.2. The first-order valence-corrected chi connectivity index (χ1v) is 5.96. The molecule has 2 aromatic rings. The molecule has 0 amide bonds. The smallest absolute Gasteiger partial charge is 0.0664 e. The molecule has 2 rings (SSSR count). The van der Waals surface area contributed by atoms with Crippen molar-refractivity contribution in [2.75, 3.05) is 6.54 Å². The van der Waals surface area contributed by atoms with Crippen LogP contribution in [0, 0.1) is 0 Å². The van der Waals surface area contributed by atoms with Crippen LogP contribution >= 0.6 is 11.6 Å². The van der Waals surface area contributed by atoms with Crippen LogP contribution in [0.3, 0.4) is 0 Å². The first-order chi connectivity index (χ1) is 7.65. The molecule has 0 spiro atoms. The molecule has 0 aliphatic heterocycles. The van der Waals surface area contributed by atoms with Gasteiger partial charge in [0.05, 0.1) is 5.02 Å².